The second-order valence-electron chi connectivity index (χ2n) is 5.87. The molecule has 0 saturated carbocycles. The van der Waals surface area contributed by atoms with Gasteiger partial charge in [0.2, 0.25) is 0 Å². The molecule has 0 atom stereocenters. The maximum atomic E-state index is 4.72. The van der Waals surface area contributed by atoms with Crippen LogP contribution in [-0.2, 0) is 0 Å². The first kappa shape index (κ1) is 15.9. The van der Waals surface area contributed by atoms with Crippen LogP contribution >= 0.6 is 0 Å². The van der Waals surface area contributed by atoms with E-state index in [2.05, 4.69) is 6.58 Å². The Labute approximate surface area is 152 Å². The van der Waals surface area contributed by atoms with Crippen LogP contribution < -0.4 is 0 Å². The van der Waals surface area contributed by atoms with E-state index in [-0.39, 0.29) is 0 Å². The average Bonchev–Trinajstić information content (AvgIpc) is 2.75. The topological polar surface area (TPSA) is 38.7 Å². The predicted molar refractivity (Wildman–Crippen MR) is 106 cm³/mol. The molecule has 4 aromatic rings. The van der Waals surface area contributed by atoms with Gasteiger partial charge in [0, 0.05) is 16.7 Å². The maximum Gasteiger partial charge on any atom is 0.164 e. The molecule has 0 aliphatic heterocycles. The maximum absolute atomic E-state index is 4.72. The van der Waals surface area contributed by atoms with E-state index in [1.807, 2.05) is 91.0 Å². The average molecular weight is 335 g/mol. The summed E-state index contributed by atoms with van der Waals surface area (Å²) in [6.45, 7) is 3.84. The molecule has 0 bridgehead atoms. The smallest absolute Gasteiger partial charge is 0.164 e. The van der Waals surface area contributed by atoms with E-state index in [4.69, 9.17) is 15.0 Å². The predicted octanol–water partition coefficient (Wildman–Crippen LogP) is 5.52. The SMILES string of the molecule is C=Cc1cccc(-c2nc(-c3ccccc3)nc(-c3ccccc3)n2)c1. The molecule has 124 valence electrons. The molecule has 26 heavy (non-hydrogen) atoms. The molecule has 0 aliphatic carbocycles. The first-order valence-electron chi connectivity index (χ1n) is 8.43. The summed E-state index contributed by atoms with van der Waals surface area (Å²) in [6, 6.07) is 28.0. The summed E-state index contributed by atoms with van der Waals surface area (Å²) in [7, 11) is 0. The molecular weight excluding hydrogens is 318 g/mol. The summed E-state index contributed by atoms with van der Waals surface area (Å²) in [5.74, 6) is 1.98. The van der Waals surface area contributed by atoms with Gasteiger partial charge >= 0.3 is 0 Å². The van der Waals surface area contributed by atoms with Gasteiger partial charge in [0.1, 0.15) is 0 Å². The minimum Gasteiger partial charge on any atom is -0.208 e. The molecular formula is C23H17N3. The van der Waals surface area contributed by atoms with Crippen molar-refractivity contribution in [2.75, 3.05) is 0 Å². The molecule has 0 radical (unpaired) electrons. The lowest BCUT2D eigenvalue weighted by Crippen LogP contribution is -2.00. The molecule has 1 heterocycles. The molecule has 0 unspecified atom stereocenters. The zero-order valence-electron chi connectivity index (χ0n) is 14.2. The summed E-state index contributed by atoms with van der Waals surface area (Å²) >= 11 is 0. The Morgan fingerprint density at radius 2 is 1.00 bits per heavy atom. The molecule has 0 spiro atoms. The molecule has 0 aliphatic rings. The van der Waals surface area contributed by atoms with Crippen molar-refractivity contribution >= 4 is 6.08 Å². The van der Waals surface area contributed by atoms with Gasteiger partial charge in [0.25, 0.3) is 0 Å². The van der Waals surface area contributed by atoms with Crippen molar-refractivity contribution in [3.05, 3.63) is 97.1 Å². The Hall–Kier alpha value is -3.59. The van der Waals surface area contributed by atoms with Crippen molar-refractivity contribution in [1.82, 2.24) is 15.0 Å². The minimum atomic E-state index is 0.654. The molecule has 3 heteroatoms. The Bertz CT molecular complexity index is 984. The Balaban J connectivity index is 1.92. The number of hydrogen-bond acceptors (Lipinski definition) is 3. The summed E-state index contributed by atoms with van der Waals surface area (Å²) in [5, 5.41) is 0. The van der Waals surface area contributed by atoms with Gasteiger partial charge in [-0.15, -0.1) is 0 Å². The van der Waals surface area contributed by atoms with Crippen LogP contribution in [0.3, 0.4) is 0 Å². The first-order chi connectivity index (χ1) is 12.8. The highest BCUT2D eigenvalue weighted by molar-refractivity contribution is 5.67. The van der Waals surface area contributed by atoms with Gasteiger partial charge in [-0.2, -0.15) is 0 Å². The lowest BCUT2D eigenvalue weighted by Gasteiger charge is -2.08. The fraction of sp³-hybridized carbons (Fsp3) is 0. The van der Waals surface area contributed by atoms with Crippen LogP contribution in [0.1, 0.15) is 5.56 Å². The van der Waals surface area contributed by atoms with E-state index in [0.29, 0.717) is 17.5 Å². The second-order valence-corrected chi connectivity index (χ2v) is 5.87. The standard InChI is InChI=1S/C23H17N3/c1-2-17-10-9-15-20(16-17)23-25-21(18-11-5-3-6-12-18)24-22(26-23)19-13-7-4-8-14-19/h2-16H,1H2. The van der Waals surface area contributed by atoms with Crippen molar-refractivity contribution in [3.8, 4) is 34.2 Å². The minimum absolute atomic E-state index is 0.654. The van der Waals surface area contributed by atoms with Gasteiger partial charge in [-0.25, -0.2) is 15.0 Å². The fourth-order valence-corrected chi connectivity index (χ4v) is 2.74. The van der Waals surface area contributed by atoms with Crippen molar-refractivity contribution in [2.24, 2.45) is 0 Å². The van der Waals surface area contributed by atoms with Gasteiger partial charge in [-0.3, -0.25) is 0 Å². The molecule has 0 saturated heterocycles. The zero-order valence-corrected chi connectivity index (χ0v) is 14.2. The van der Waals surface area contributed by atoms with Gasteiger partial charge in [-0.1, -0.05) is 91.5 Å². The molecule has 1 aromatic heterocycles. The normalized spacial score (nSPS) is 10.5. The molecule has 0 amide bonds. The van der Waals surface area contributed by atoms with Crippen LogP contribution in [0.4, 0.5) is 0 Å². The van der Waals surface area contributed by atoms with E-state index in [1.165, 1.54) is 0 Å². The number of rotatable bonds is 4. The van der Waals surface area contributed by atoms with Crippen LogP contribution in [0, 0.1) is 0 Å². The lowest BCUT2D eigenvalue weighted by molar-refractivity contribution is 1.07. The van der Waals surface area contributed by atoms with E-state index in [9.17, 15) is 0 Å². The molecule has 3 aromatic carbocycles. The Kier molecular flexibility index (Phi) is 4.35. The quantitative estimate of drug-likeness (QED) is 0.493. The Morgan fingerprint density at radius 3 is 1.50 bits per heavy atom. The van der Waals surface area contributed by atoms with Crippen molar-refractivity contribution in [1.29, 1.82) is 0 Å². The van der Waals surface area contributed by atoms with Gasteiger partial charge in [0.05, 0.1) is 0 Å². The van der Waals surface area contributed by atoms with Crippen LogP contribution in [0.25, 0.3) is 40.2 Å². The lowest BCUT2D eigenvalue weighted by atomic mass is 10.1. The highest BCUT2D eigenvalue weighted by Gasteiger charge is 2.11. The number of hydrogen-bond donors (Lipinski definition) is 0. The second kappa shape index (κ2) is 7.11. The molecule has 0 N–H and O–H groups in total. The third kappa shape index (κ3) is 3.28. The van der Waals surface area contributed by atoms with Crippen molar-refractivity contribution in [3.63, 3.8) is 0 Å². The highest BCUT2D eigenvalue weighted by atomic mass is 15.0. The van der Waals surface area contributed by atoms with E-state index in [1.54, 1.807) is 0 Å². The van der Waals surface area contributed by atoms with E-state index >= 15 is 0 Å². The van der Waals surface area contributed by atoms with Gasteiger partial charge in [-0.05, 0) is 11.6 Å². The van der Waals surface area contributed by atoms with Crippen LogP contribution in [0.2, 0.25) is 0 Å². The summed E-state index contributed by atoms with van der Waals surface area (Å²) < 4.78 is 0. The van der Waals surface area contributed by atoms with E-state index in [0.717, 1.165) is 22.3 Å². The number of benzene rings is 3. The molecule has 3 nitrogen and oxygen atoms in total. The van der Waals surface area contributed by atoms with Gasteiger partial charge in [0.15, 0.2) is 17.5 Å². The summed E-state index contributed by atoms with van der Waals surface area (Å²) in [4.78, 5) is 14.1. The summed E-state index contributed by atoms with van der Waals surface area (Å²) in [6.07, 6.45) is 1.82. The van der Waals surface area contributed by atoms with Crippen LogP contribution in [0.15, 0.2) is 91.5 Å². The largest absolute Gasteiger partial charge is 0.208 e. The summed E-state index contributed by atoms with van der Waals surface area (Å²) in [5.41, 5.74) is 3.91. The monoisotopic (exact) mass is 335 g/mol. The number of aromatic nitrogens is 3. The highest BCUT2D eigenvalue weighted by Crippen LogP contribution is 2.25. The fourth-order valence-electron chi connectivity index (χ4n) is 2.74. The number of nitrogens with zero attached hydrogens (tertiary/aromatic N) is 3. The first-order valence-corrected chi connectivity index (χ1v) is 8.43. The third-order valence-electron chi connectivity index (χ3n) is 4.08. The Morgan fingerprint density at radius 1 is 0.538 bits per heavy atom. The van der Waals surface area contributed by atoms with Crippen molar-refractivity contribution in [2.45, 2.75) is 0 Å². The van der Waals surface area contributed by atoms with Crippen LogP contribution in [-0.4, -0.2) is 15.0 Å². The van der Waals surface area contributed by atoms with Crippen molar-refractivity contribution < 1.29 is 0 Å². The third-order valence-corrected chi connectivity index (χ3v) is 4.08. The van der Waals surface area contributed by atoms with E-state index < -0.39 is 0 Å². The van der Waals surface area contributed by atoms with Gasteiger partial charge < -0.3 is 0 Å². The molecule has 0 fully saturated rings. The molecule has 4 rings (SSSR count). The zero-order chi connectivity index (χ0) is 17.8. The van der Waals surface area contributed by atoms with Crippen LogP contribution in [0.5, 0.6) is 0 Å².